The molecule has 0 aromatic heterocycles. The van der Waals surface area contributed by atoms with Crippen LogP contribution in [0.2, 0.25) is 0 Å². The zero-order chi connectivity index (χ0) is 16.1. The third kappa shape index (κ3) is 3.51. The van der Waals surface area contributed by atoms with Crippen molar-refractivity contribution in [3.8, 4) is 0 Å². The van der Waals surface area contributed by atoms with Crippen molar-refractivity contribution < 1.29 is 4.79 Å². The van der Waals surface area contributed by atoms with Crippen LogP contribution in [0, 0.1) is 0 Å². The third-order valence-electron chi connectivity index (χ3n) is 3.90. The first kappa shape index (κ1) is 15.1. The molecule has 3 aromatic carbocycles. The number of nitrogens with one attached hydrogen (secondary N) is 2. The normalized spacial score (nSPS) is 10.5. The molecule has 0 aliphatic heterocycles. The van der Waals surface area contributed by atoms with Gasteiger partial charge in [0.05, 0.1) is 6.54 Å². The van der Waals surface area contributed by atoms with E-state index in [1.165, 1.54) is 0 Å². The molecule has 0 aliphatic rings. The number of amides is 1. The predicted octanol–water partition coefficient (Wildman–Crippen LogP) is 4.45. The van der Waals surface area contributed by atoms with E-state index in [1.54, 1.807) is 0 Å². The lowest BCUT2D eigenvalue weighted by molar-refractivity contribution is -0.114. The van der Waals surface area contributed by atoms with E-state index >= 15 is 0 Å². The van der Waals surface area contributed by atoms with E-state index in [-0.39, 0.29) is 12.5 Å². The number of hydrogen-bond acceptors (Lipinski definition) is 2. The van der Waals surface area contributed by atoms with Crippen LogP contribution in [-0.2, 0) is 11.2 Å². The highest BCUT2D eigenvalue weighted by Gasteiger charge is 2.06. The highest BCUT2D eigenvalue weighted by atomic mass is 16.1. The lowest BCUT2D eigenvalue weighted by Crippen LogP contribution is -2.22. The van der Waals surface area contributed by atoms with Gasteiger partial charge in [-0.05, 0) is 29.5 Å². The summed E-state index contributed by atoms with van der Waals surface area (Å²) >= 11 is 0. The van der Waals surface area contributed by atoms with Crippen LogP contribution >= 0.6 is 0 Å². The average molecular weight is 304 g/mol. The van der Waals surface area contributed by atoms with E-state index in [4.69, 9.17) is 0 Å². The maximum absolute atomic E-state index is 12.2. The number of aryl methyl sites for hydroxylation is 1. The summed E-state index contributed by atoms with van der Waals surface area (Å²) in [4.78, 5) is 12.2. The Kier molecular flexibility index (Phi) is 4.57. The van der Waals surface area contributed by atoms with Gasteiger partial charge in [-0.3, -0.25) is 4.79 Å². The van der Waals surface area contributed by atoms with Gasteiger partial charge in [-0.15, -0.1) is 0 Å². The molecule has 2 N–H and O–H groups in total. The smallest absolute Gasteiger partial charge is 0.243 e. The zero-order valence-electron chi connectivity index (χ0n) is 13.2. The number of carbonyl (C=O) groups excluding carboxylic acids is 1. The zero-order valence-corrected chi connectivity index (χ0v) is 13.2. The molecule has 0 saturated carbocycles. The van der Waals surface area contributed by atoms with Crippen LogP contribution in [-0.4, -0.2) is 12.5 Å². The second-order valence-electron chi connectivity index (χ2n) is 5.44. The van der Waals surface area contributed by atoms with Crippen LogP contribution < -0.4 is 10.6 Å². The van der Waals surface area contributed by atoms with Gasteiger partial charge in [0.1, 0.15) is 0 Å². The first-order chi connectivity index (χ1) is 11.3. The number of hydrogen-bond donors (Lipinski definition) is 2. The Morgan fingerprint density at radius 2 is 1.57 bits per heavy atom. The van der Waals surface area contributed by atoms with Crippen molar-refractivity contribution in [3.63, 3.8) is 0 Å². The summed E-state index contributed by atoms with van der Waals surface area (Å²) in [5, 5.41) is 8.49. The molecule has 1 amide bonds. The van der Waals surface area contributed by atoms with Gasteiger partial charge in [0.15, 0.2) is 0 Å². The largest absolute Gasteiger partial charge is 0.376 e. The van der Waals surface area contributed by atoms with Gasteiger partial charge in [-0.2, -0.15) is 0 Å². The summed E-state index contributed by atoms with van der Waals surface area (Å²) in [6.07, 6.45) is 0.896. The van der Waals surface area contributed by atoms with Gasteiger partial charge in [-0.25, -0.2) is 0 Å². The lowest BCUT2D eigenvalue weighted by atomic mass is 10.1. The molecule has 0 atom stereocenters. The molecular formula is C20H20N2O. The van der Waals surface area contributed by atoms with Crippen molar-refractivity contribution in [1.82, 2.24) is 0 Å². The van der Waals surface area contributed by atoms with E-state index in [0.29, 0.717) is 0 Å². The SMILES string of the molecule is CCc1ccccc1NC(=O)CNc1cccc2ccccc12. The van der Waals surface area contributed by atoms with Crippen LogP contribution in [0.1, 0.15) is 12.5 Å². The molecule has 23 heavy (non-hydrogen) atoms. The summed E-state index contributed by atoms with van der Waals surface area (Å²) < 4.78 is 0. The fraction of sp³-hybridized carbons (Fsp3) is 0.150. The maximum atomic E-state index is 12.2. The molecule has 0 spiro atoms. The Balaban J connectivity index is 1.69. The molecule has 0 radical (unpaired) electrons. The number of rotatable bonds is 5. The molecule has 0 fully saturated rings. The van der Waals surface area contributed by atoms with Crippen LogP contribution in [0.5, 0.6) is 0 Å². The van der Waals surface area contributed by atoms with Gasteiger partial charge < -0.3 is 10.6 Å². The molecule has 3 aromatic rings. The first-order valence-corrected chi connectivity index (χ1v) is 7.87. The molecule has 0 bridgehead atoms. The second-order valence-corrected chi connectivity index (χ2v) is 5.44. The summed E-state index contributed by atoms with van der Waals surface area (Å²) in [5.41, 5.74) is 3.01. The quantitative estimate of drug-likeness (QED) is 0.731. The molecule has 3 rings (SSSR count). The van der Waals surface area contributed by atoms with E-state index in [2.05, 4.69) is 35.8 Å². The lowest BCUT2D eigenvalue weighted by Gasteiger charge is -2.12. The van der Waals surface area contributed by atoms with Crippen molar-refractivity contribution in [2.45, 2.75) is 13.3 Å². The molecular weight excluding hydrogens is 284 g/mol. The second kappa shape index (κ2) is 6.97. The Morgan fingerprint density at radius 3 is 2.43 bits per heavy atom. The summed E-state index contributed by atoms with van der Waals surface area (Å²) in [6.45, 7) is 2.32. The van der Waals surface area contributed by atoms with E-state index in [9.17, 15) is 4.79 Å². The van der Waals surface area contributed by atoms with Crippen molar-refractivity contribution >= 4 is 28.1 Å². The van der Waals surface area contributed by atoms with E-state index in [1.807, 2.05) is 48.5 Å². The Labute approximate surface area is 136 Å². The number of para-hydroxylation sites is 1. The number of benzene rings is 3. The summed E-state index contributed by atoms with van der Waals surface area (Å²) in [7, 11) is 0. The van der Waals surface area contributed by atoms with Crippen molar-refractivity contribution in [1.29, 1.82) is 0 Å². The van der Waals surface area contributed by atoms with Gasteiger partial charge in [-0.1, -0.05) is 61.5 Å². The predicted molar refractivity (Wildman–Crippen MR) is 96.9 cm³/mol. The van der Waals surface area contributed by atoms with Gasteiger partial charge in [0.2, 0.25) is 5.91 Å². The maximum Gasteiger partial charge on any atom is 0.243 e. The van der Waals surface area contributed by atoms with Crippen LogP contribution in [0.3, 0.4) is 0 Å². The number of fused-ring (bicyclic) bond motifs is 1. The molecule has 0 heterocycles. The Morgan fingerprint density at radius 1 is 0.870 bits per heavy atom. The highest BCUT2D eigenvalue weighted by Crippen LogP contribution is 2.22. The molecule has 116 valence electrons. The number of carbonyl (C=O) groups is 1. The minimum atomic E-state index is -0.0427. The first-order valence-electron chi connectivity index (χ1n) is 7.87. The summed E-state index contributed by atoms with van der Waals surface area (Å²) in [5.74, 6) is -0.0427. The van der Waals surface area contributed by atoms with E-state index in [0.717, 1.165) is 34.1 Å². The summed E-state index contributed by atoms with van der Waals surface area (Å²) in [6, 6.07) is 22.1. The molecule has 3 nitrogen and oxygen atoms in total. The van der Waals surface area contributed by atoms with Gasteiger partial charge in [0, 0.05) is 16.8 Å². The Bertz CT molecular complexity index is 821. The van der Waals surface area contributed by atoms with Crippen LogP contribution in [0.15, 0.2) is 66.7 Å². The monoisotopic (exact) mass is 304 g/mol. The minimum Gasteiger partial charge on any atom is -0.376 e. The highest BCUT2D eigenvalue weighted by molar-refractivity contribution is 5.98. The molecule has 0 aliphatic carbocycles. The average Bonchev–Trinajstić information content (AvgIpc) is 2.60. The topological polar surface area (TPSA) is 41.1 Å². The van der Waals surface area contributed by atoms with Crippen molar-refractivity contribution in [2.24, 2.45) is 0 Å². The number of anilines is 2. The minimum absolute atomic E-state index is 0.0427. The third-order valence-corrected chi connectivity index (χ3v) is 3.90. The van der Waals surface area contributed by atoms with Gasteiger partial charge in [0.25, 0.3) is 0 Å². The molecule has 0 unspecified atom stereocenters. The van der Waals surface area contributed by atoms with E-state index < -0.39 is 0 Å². The molecule has 3 heteroatoms. The fourth-order valence-electron chi connectivity index (χ4n) is 2.70. The standard InChI is InChI=1S/C20H20N2O/c1-2-15-8-4-6-12-18(15)22-20(23)14-21-19-13-7-10-16-9-3-5-11-17(16)19/h3-13,21H,2,14H2,1H3,(H,22,23). The Hall–Kier alpha value is -2.81. The molecule has 0 saturated heterocycles. The van der Waals surface area contributed by atoms with Crippen molar-refractivity contribution in [3.05, 3.63) is 72.3 Å². The van der Waals surface area contributed by atoms with Crippen LogP contribution in [0.4, 0.5) is 11.4 Å². The van der Waals surface area contributed by atoms with Crippen LogP contribution in [0.25, 0.3) is 10.8 Å². The fourth-order valence-corrected chi connectivity index (χ4v) is 2.70. The van der Waals surface area contributed by atoms with Crippen molar-refractivity contribution in [2.75, 3.05) is 17.2 Å². The van der Waals surface area contributed by atoms with Gasteiger partial charge >= 0.3 is 0 Å².